The van der Waals surface area contributed by atoms with Gasteiger partial charge in [0.25, 0.3) is 11.8 Å². The summed E-state index contributed by atoms with van der Waals surface area (Å²) >= 11 is 24.2. The fraction of sp³-hybridized carbons (Fsp3) is 0. The molecule has 0 aliphatic rings. The SMILES string of the molecule is O=C(c1c(Cl)cccc1Cl)N(C(=O)c1c(Cl)cccc1Cl)c1c(F)cncc1F. The number of aromatic nitrogens is 1. The first-order valence-electron chi connectivity index (χ1n) is 7.79. The minimum absolute atomic E-state index is 0.125. The summed E-state index contributed by atoms with van der Waals surface area (Å²) in [4.78, 5) is 30.1. The normalized spacial score (nSPS) is 10.7. The number of halogens is 6. The van der Waals surface area contributed by atoms with E-state index >= 15 is 0 Å². The lowest BCUT2D eigenvalue weighted by Gasteiger charge is -2.23. The van der Waals surface area contributed by atoms with E-state index in [-0.39, 0.29) is 36.1 Å². The summed E-state index contributed by atoms with van der Waals surface area (Å²) in [6, 6.07) is 8.28. The van der Waals surface area contributed by atoms with Crippen molar-refractivity contribution in [2.24, 2.45) is 0 Å². The third kappa shape index (κ3) is 4.07. The number of nitrogens with zero attached hydrogens (tertiary/aromatic N) is 2. The fourth-order valence-electron chi connectivity index (χ4n) is 2.54. The van der Waals surface area contributed by atoms with Crippen molar-refractivity contribution in [3.05, 3.63) is 91.6 Å². The molecule has 0 bridgehead atoms. The number of pyridine rings is 1. The molecule has 0 radical (unpaired) electrons. The van der Waals surface area contributed by atoms with Gasteiger partial charge in [0, 0.05) is 0 Å². The smallest absolute Gasteiger partial charge is 0.268 e. The largest absolute Gasteiger partial charge is 0.268 e. The van der Waals surface area contributed by atoms with Crippen molar-refractivity contribution in [1.29, 1.82) is 0 Å². The second-order valence-electron chi connectivity index (χ2n) is 5.59. The Hall–Kier alpha value is -2.25. The van der Waals surface area contributed by atoms with E-state index in [2.05, 4.69) is 4.98 Å². The Bertz CT molecular complexity index is 1020. The third-order valence-corrected chi connectivity index (χ3v) is 5.07. The van der Waals surface area contributed by atoms with E-state index in [1.165, 1.54) is 36.4 Å². The molecule has 1 heterocycles. The number of carbonyl (C=O) groups is 2. The van der Waals surface area contributed by atoms with Crippen LogP contribution in [-0.2, 0) is 0 Å². The van der Waals surface area contributed by atoms with Crippen LogP contribution >= 0.6 is 46.4 Å². The summed E-state index contributed by atoms with van der Waals surface area (Å²) < 4.78 is 28.9. The van der Waals surface area contributed by atoms with Crippen LogP contribution in [-0.4, -0.2) is 16.8 Å². The molecule has 3 aromatic rings. The highest BCUT2D eigenvalue weighted by Crippen LogP contribution is 2.34. The number of imide groups is 1. The molecule has 0 saturated carbocycles. The van der Waals surface area contributed by atoms with Gasteiger partial charge in [-0.2, -0.15) is 0 Å². The van der Waals surface area contributed by atoms with Crippen molar-refractivity contribution in [1.82, 2.24) is 4.98 Å². The first kappa shape index (κ1) is 21.5. The van der Waals surface area contributed by atoms with Gasteiger partial charge in [0.15, 0.2) is 11.6 Å². The predicted octanol–water partition coefficient (Wildman–Crippen LogP) is 6.46. The fourth-order valence-corrected chi connectivity index (χ4v) is 3.66. The Kier molecular flexibility index (Phi) is 6.39. The van der Waals surface area contributed by atoms with E-state index in [0.717, 1.165) is 0 Å². The highest BCUT2D eigenvalue weighted by molar-refractivity contribution is 6.45. The first-order valence-corrected chi connectivity index (χ1v) is 9.31. The maximum atomic E-state index is 14.5. The highest BCUT2D eigenvalue weighted by atomic mass is 35.5. The highest BCUT2D eigenvalue weighted by Gasteiger charge is 2.35. The zero-order chi connectivity index (χ0) is 21.3. The minimum Gasteiger partial charge on any atom is -0.268 e. The number of hydrogen-bond donors (Lipinski definition) is 0. The second-order valence-corrected chi connectivity index (χ2v) is 7.22. The molecular weight excluding hydrogens is 468 g/mol. The molecule has 2 aromatic carbocycles. The summed E-state index contributed by atoms with van der Waals surface area (Å²) in [5, 5.41) is -0.498. The van der Waals surface area contributed by atoms with Gasteiger partial charge in [0.1, 0.15) is 5.69 Å². The van der Waals surface area contributed by atoms with E-state index < -0.39 is 29.1 Å². The van der Waals surface area contributed by atoms with Gasteiger partial charge < -0.3 is 0 Å². The lowest BCUT2D eigenvalue weighted by Crippen LogP contribution is -2.39. The molecule has 0 saturated heterocycles. The Morgan fingerprint density at radius 2 is 1.07 bits per heavy atom. The van der Waals surface area contributed by atoms with Gasteiger partial charge in [-0.25, -0.2) is 13.7 Å². The van der Waals surface area contributed by atoms with Crippen LogP contribution < -0.4 is 4.90 Å². The molecule has 1 aromatic heterocycles. The van der Waals surface area contributed by atoms with Crippen LogP contribution in [0.3, 0.4) is 0 Å². The van der Waals surface area contributed by atoms with Crippen LogP contribution in [0.25, 0.3) is 0 Å². The quantitative estimate of drug-likeness (QED) is 0.408. The molecule has 10 heteroatoms. The van der Waals surface area contributed by atoms with Gasteiger partial charge in [-0.15, -0.1) is 0 Å². The Morgan fingerprint density at radius 3 is 1.41 bits per heavy atom. The number of amides is 2. The maximum absolute atomic E-state index is 14.5. The molecule has 0 fully saturated rings. The predicted molar refractivity (Wildman–Crippen MR) is 108 cm³/mol. The summed E-state index contributed by atoms with van der Waals surface area (Å²) in [6.07, 6.45) is 1.29. The first-order chi connectivity index (χ1) is 13.7. The van der Waals surface area contributed by atoms with Gasteiger partial charge in [0.2, 0.25) is 0 Å². The molecular formula is C19H8Cl4F2N2O2. The number of anilines is 1. The average molecular weight is 476 g/mol. The standard InChI is InChI=1S/C19H8Cl4F2N2O2/c20-9-3-1-4-10(21)15(9)18(28)27(17-13(24)7-26-8-14(17)25)19(29)16-11(22)5-2-6-12(16)23/h1-8H. The zero-order valence-corrected chi connectivity index (χ0v) is 17.1. The van der Waals surface area contributed by atoms with Crippen molar-refractivity contribution in [3.63, 3.8) is 0 Å². The Morgan fingerprint density at radius 1 is 0.724 bits per heavy atom. The zero-order valence-electron chi connectivity index (χ0n) is 14.1. The van der Waals surface area contributed by atoms with Gasteiger partial charge in [-0.3, -0.25) is 14.6 Å². The van der Waals surface area contributed by atoms with Gasteiger partial charge in [-0.1, -0.05) is 58.5 Å². The third-order valence-electron chi connectivity index (χ3n) is 3.81. The maximum Gasteiger partial charge on any atom is 0.268 e. The van der Waals surface area contributed by atoms with Gasteiger partial charge >= 0.3 is 0 Å². The van der Waals surface area contributed by atoms with Crippen molar-refractivity contribution in [2.75, 3.05) is 4.90 Å². The van der Waals surface area contributed by atoms with Crippen LogP contribution in [0.4, 0.5) is 14.5 Å². The minimum atomic E-state index is -1.27. The molecule has 0 N–H and O–H groups in total. The number of benzene rings is 2. The molecule has 29 heavy (non-hydrogen) atoms. The van der Waals surface area contributed by atoms with Gasteiger partial charge in [0.05, 0.1) is 43.6 Å². The molecule has 0 aliphatic carbocycles. The van der Waals surface area contributed by atoms with E-state index in [4.69, 9.17) is 46.4 Å². The second kappa shape index (κ2) is 8.63. The van der Waals surface area contributed by atoms with Crippen molar-refractivity contribution < 1.29 is 18.4 Å². The summed E-state index contributed by atoms with van der Waals surface area (Å²) in [6.45, 7) is 0. The summed E-state index contributed by atoms with van der Waals surface area (Å²) in [7, 11) is 0. The number of hydrogen-bond acceptors (Lipinski definition) is 3. The van der Waals surface area contributed by atoms with Crippen LogP contribution in [0.2, 0.25) is 20.1 Å². The lowest BCUT2D eigenvalue weighted by atomic mass is 10.1. The molecule has 0 aliphatic heterocycles. The number of carbonyl (C=O) groups excluding carboxylic acids is 2. The Labute approximate surface area is 183 Å². The van der Waals surface area contributed by atoms with E-state index in [0.29, 0.717) is 12.4 Å². The van der Waals surface area contributed by atoms with Crippen molar-refractivity contribution >= 4 is 63.9 Å². The average Bonchev–Trinajstić information content (AvgIpc) is 2.64. The van der Waals surface area contributed by atoms with Crippen molar-refractivity contribution in [2.45, 2.75) is 0 Å². The lowest BCUT2D eigenvalue weighted by molar-refractivity contribution is 0.0895. The molecule has 0 spiro atoms. The van der Waals surface area contributed by atoms with Crippen LogP contribution in [0.5, 0.6) is 0 Å². The topological polar surface area (TPSA) is 50.3 Å². The van der Waals surface area contributed by atoms with Crippen LogP contribution in [0, 0.1) is 11.6 Å². The van der Waals surface area contributed by atoms with E-state index in [1.54, 1.807) is 0 Å². The van der Waals surface area contributed by atoms with Crippen molar-refractivity contribution in [3.8, 4) is 0 Å². The van der Waals surface area contributed by atoms with E-state index in [1.807, 2.05) is 0 Å². The number of rotatable bonds is 3. The van der Waals surface area contributed by atoms with Crippen LogP contribution in [0.1, 0.15) is 20.7 Å². The van der Waals surface area contributed by atoms with Gasteiger partial charge in [-0.05, 0) is 24.3 Å². The monoisotopic (exact) mass is 474 g/mol. The van der Waals surface area contributed by atoms with Crippen LogP contribution in [0.15, 0.2) is 48.8 Å². The van der Waals surface area contributed by atoms with E-state index in [9.17, 15) is 18.4 Å². The molecule has 3 rings (SSSR count). The Balaban J connectivity index is 2.29. The summed E-state index contributed by atoms with van der Waals surface area (Å²) in [5.74, 6) is -4.88. The summed E-state index contributed by atoms with van der Waals surface area (Å²) in [5.41, 5.74) is -1.63. The molecule has 148 valence electrons. The molecule has 4 nitrogen and oxygen atoms in total. The molecule has 2 amide bonds. The molecule has 0 atom stereocenters. The molecule has 0 unspecified atom stereocenters.